The number of aliphatic imine (C=N–C) groups is 1. The number of hydrogen-bond donors (Lipinski definition) is 6. The molecule has 0 saturated carbocycles. The number of amides is 1. The lowest BCUT2D eigenvalue weighted by atomic mass is 9.89. The smallest absolute Gasteiger partial charge is 0.325 e. The molecule has 18 heteroatoms. The molecule has 5 atom stereocenters. The average Bonchev–Trinajstić information content (AvgIpc) is 3.61. The Morgan fingerprint density at radius 3 is 2.52 bits per heavy atom. The summed E-state index contributed by atoms with van der Waals surface area (Å²) in [4.78, 5) is 32.8. The van der Waals surface area contributed by atoms with Crippen LogP contribution in [0.15, 0.2) is 71.3 Å². The topological polar surface area (TPSA) is 203 Å². The monoisotopic (exact) mass is 784 g/mol. The zero-order valence-corrected chi connectivity index (χ0v) is 31.1. The number of aliphatic carboxylic acids is 1. The standard InChI is InChI=1S/C38H45F4N9O5/c1-4-55-25-16-28(39)27(29(40)17-25)18-51(36-26-9-5-6-10-30(26)49-50-36)19-32(35(46-20-51)48-24-11-13-45-31(15-24)34(41)42)56-21(2)14-23(8-7-12-43)33(44)37(52)47-22(3)38(53)54/h5-6,9-11,13,15-17,20-23,33-34H,4,7-8,12,14,18-19,43-44H2,1-3H3,(H3-,45,47,48,49,50,52,53,54)/p+1/t21?,22-,23?,33-,51?/m0/s1. The Kier molecular flexibility index (Phi) is 13.6. The highest BCUT2D eigenvalue weighted by molar-refractivity contribution is 5.94. The molecule has 5 rings (SSSR count). The van der Waals surface area contributed by atoms with Crippen molar-refractivity contribution in [2.75, 3.05) is 25.0 Å². The van der Waals surface area contributed by atoms with Gasteiger partial charge in [-0.25, -0.2) is 22.0 Å². The lowest BCUT2D eigenvalue weighted by Crippen LogP contribution is -2.52. The molecule has 0 radical (unpaired) electrons. The van der Waals surface area contributed by atoms with E-state index >= 15 is 8.78 Å². The van der Waals surface area contributed by atoms with Gasteiger partial charge in [-0.2, -0.15) is 4.99 Å². The fourth-order valence-electron chi connectivity index (χ4n) is 6.57. The summed E-state index contributed by atoms with van der Waals surface area (Å²) in [5.74, 6) is -3.45. The van der Waals surface area contributed by atoms with Crippen molar-refractivity contribution in [2.24, 2.45) is 22.4 Å². The number of carbonyl (C=O) groups excluding carboxylic acids is 1. The predicted molar refractivity (Wildman–Crippen MR) is 202 cm³/mol. The molecule has 8 N–H and O–H groups in total. The van der Waals surface area contributed by atoms with Gasteiger partial charge in [0.2, 0.25) is 5.91 Å². The van der Waals surface area contributed by atoms with Crippen molar-refractivity contribution in [2.45, 2.75) is 71.2 Å². The number of nitrogens with two attached hydrogens (primary N) is 2. The lowest BCUT2D eigenvalue weighted by Gasteiger charge is -2.36. The van der Waals surface area contributed by atoms with Crippen LogP contribution in [0.1, 0.15) is 57.7 Å². The van der Waals surface area contributed by atoms with Gasteiger partial charge in [0.05, 0.1) is 35.2 Å². The third kappa shape index (κ3) is 9.79. The maximum absolute atomic E-state index is 15.8. The van der Waals surface area contributed by atoms with Crippen LogP contribution in [0.3, 0.4) is 0 Å². The minimum atomic E-state index is -2.85. The average molecular weight is 785 g/mol. The van der Waals surface area contributed by atoms with E-state index in [1.165, 1.54) is 25.5 Å². The number of pyridine rings is 1. The fraction of sp³-hybridized carbons (Fsp3) is 0.395. The summed E-state index contributed by atoms with van der Waals surface area (Å²) in [6.07, 6.45) is 0.235. The Morgan fingerprint density at radius 1 is 1.11 bits per heavy atom. The summed E-state index contributed by atoms with van der Waals surface area (Å²) in [5, 5.41) is 23.0. The predicted octanol–water partition coefficient (Wildman–Crippen LogP) is 5.47. The van der Waals surface area contributed by atoms with Crippen LogP contribution in [0.25, 0.3) is 10.9 Å². The van der Waals surface area contributed by atoms with Gasteiger partial charge in [0.15, 0.2) is 24.5 Å². The highest BCUT2D eigenvalue weighted by atomic mass is 19.3. The Morgan fingerprint density at radius 2 is 1.84 bits per heavy atom. The number of nitrogens with zero attached hydrogens (tertiary/aromatic N) is 4. The summed E-state index contributed by atoms with van der Waals surface area (Å²) in [5.41, 5.74) is 12.3. The maximum Gasteiger partial charge on any atom is 0.325 e. The SMILES string of the molecule is CCOc1cc(F)c(C[N+]2(c3n[nH]c4ccccc34)C=NC(Nc3ccnc(C(F)F)c3)=C(OC(C)CC(CCCN)[C@H](N)C(=O)N[C@@H](C)C(=O)O)C2)c(F)c1. The molecule has 0 fully saturated rings. The van der Waals surface area contributed by atoms with Crippen molar-refractivity contribution in [3.63, 3.8) is 0 Å². The van der Waals surface area contributed by atoms with Crippen molar-refractivity contribution in [1.82, 2.24) is 25.0 Å². The van der Waals surface area contributed by atoms with Gasteiger partial charge in [-0.1, -0.05) is 12.1 Å². The van der Waals surface area contributed by atoms with Crippen LogP contribution in [-0.2, 0) is 20.9 Å². The molecule has 4 aromatic rings. The minimum absolute atomic E-state index is 0.0218. The Balaban J connectivity index is 1.57. The number of nitrogens with one attached hydrogen (secondary N) is 3. The van der Waals surface area contributed by atoms with Crippen LogP contribution >= 0.6 is 0 Å². The number of para-hydroxylation sites is 1. The number of anilines is 1. The largest absolute Gasteiger partial charge is 0.494 e. The quantitative estimate of drug-likeness (QED) is 0.0523. The molecular formula is C38H46F4N9O5+. The lowest BCUT2D eigenvalue weighted by molar-refractivity contribution is -0.141. The van der Waals surface area contributed by atoms with E-state index in [1.54, 1.807) is 38.1 Å². The van der Waals surface area contributed by atoms with Crippen molar-refractivity contribution in [3.05, 3.63) is 89.2 Å². The first-order chi connectivity index (χ1) is 26.7. The minimum Gasteiger partial charge on any atom is -0.494 e. The molecule has 3 heterocycles. The number of carboxylic acid groups (broad SMARTS) is 1. The molecule has 14 nitrogen and oxygen atoms in total. The number of hydrogen-bond acceptors (Lipinski definition) is 10. The molecule has 0 saturated heterocycles. The molecule has 0 bridgehead atoms. The van der Waals surface area contributed by atoms with E-state index in [9.17, 15) is 23.5 Å². The van der Waals surface area contributed by atoms with E-state index in [4.69, 9.17) is 25.9 Å². The van der Waals surface area contributed by atoms with Crippen molar-refractivity contribution >= 4 is 40.6 Å². The first-order valence-corrected chi connectivity index (χ1v) is 18.1. The number of carboxylic acids is 1. The van der Waals surface area contributed by atoms with Crippen LogP contribution < -0.4 is 31.3 Å². The van der Waals surface area contributed by atoms with Gasteiger partial charge in [-0.3, -0.25) is 19.7 Å². The van der Waals surface area contributed by atoms with Crippen LogP contribution in [0.4, 0.5) is 29.1 Å². The van der Waals surface area contributed by atoms with Gasteiger partial charge < -0.3 is 36.7 Å². The normalized spacial score (nSPS) is 17.8. The number of quaternary nitrogens is 1. The van der Waals surface area contributed by atoms with E-state index < -0.39 is 59.7 Å². The van der Waals surface area contributed by atoms with Gasteiger partial charge >= 0.3 is 5.97 Å². The number of fused-ring (bicyclic) bond motifs is 1. The van der Waals surface area contributed by atoms with E-state index in [1.807, 2.05) is 0 Å². The number of benzene rings is 2. The molecule has 0 aliphatic carbocycles. The zero-order chi connectivity index (χ0) is 40.6. The van der Waals surface area contributed by atoms with Crippen LogP contribution in [-0.4, -0.2) is 76.4 Å². The maximum atomic E-state index is 15.8. The number of aromatic amines is 1. The fourth-order valence-corrected chi connectivity index (χ4v) is 6.57. The molecule has 2 aromatic carbocycles. The van der Waals surface area contributed by atoms with E-state index in [0.717, 1.165) is 18.2 Å². The van der Waals surface area contributed by atoms with Crippen molar-refractivity contribution in [1.29, 1.82) is 0 Å². The molecule has 1 aliphatic heterocycles. The zero-order valence-electron chi connectivity index (χ0n) is 31.1. The Hall–Kier alpha value is -5.59. The number of alkyl halides is 2. The molecule has 1 aliphatic rings. The first-order valence-electron chi connectivity index (χ1n) is 18.1. The molecule has 56 heavy (non-hydrogen) atoms. The second kappa shape index (κ2) is 18.4. The highest BCUT2D eigenvalue weighted by Gasteiger charge is 2.42. The number of H-pyrrole nitrogens is 1. The Labute approximate surface area is 320 Å². The number of halogens is 4. The second-order valence-corrected chi connectivity index (χ2v) is 13.6. The number of carbonyl (C=O) groups is 2. The summed E-state index contributed by atoms with van der Waals surface area (Å²) < 4.78 is 70.4. The van der Waals surface area contributed by atoms with Gasteiger partial charge in [0.1, 0.15) is 35.7 Å². The molecular weight excluding hydrogens is 738 g/mol. The van der Waals surface area contributed by atoms with Crippen molar-refractivity contribution < 1.29 is 41.7 Å². The third-order valence-corrected chi connectivity index (χ3v) is 9.40. The molecule has 2 aromatic heterocycles. The third-order valence-electron chi connectivity index (χ3n) is 9.40. The van der Waals surface area contributed by atoms with Crippen LogP contribution in [0.2, 0.25) is 0 Å². The molecule has 3 unspecified atom stereocenters. The summed E-state index contributed by atoms with van der Waals surface area (Å²) >= 11 is 0. The van der Waals surface area contributed by atoms with Crippen LogP contribution in [0.5, 0.6) is 5.75 Å². The van der Waals surface area contributed by atoms with Crippen molar-refractivity contribution in [3.8, 4) is 5.75 Å². The van der Waals surface area contributed by atoms with E-state index in [-0.39, 0.29) is 59.2 Å². The van der Waals surface area contributed by atoms with Gasteiger partial charge in [0.25, 0.3) is 12.2 Å². The van der Waals surface area contributed by atoms with Gasteiger partial charge in [-0.15, -0.1) is 5.10 Å². The Bertz CT molecular complexity index is 2060. The molecule has 300 valence electrons. The first kappa shape index (κ1) is 41.6. The number of aromatic nitrogens is 3. The second-order valence-electron chi connectivity index (χ2n) is 13.6. The number of rotatable bonds is 19. The van der Waals surface area contributed by atoms with Gasteiger partial charge in [-0.05, 0) is 76.8 Å². The molecule has 0 spiro atoms. The van der Waals surface area contributed by atoms with Crippen LogP contribution in [0, 0.1) is 17.6 Å². The highest BCUT2D eigenvalue weighted by Crippen LogP contribution is 2.37. The molecule has 1 amide bonds. The van der Waals surface area contributed by atoms with E-state index in [2.05, 4.69) is 25.8 Å². The van der Waals surface area contributed by atoms with Gasteiger partial charge in [0, 0.05) is 24.0 Å². The summed E-state index contributed by atoms with van der Waals surface area (Å²) in [6, 6.07) is 9.74. The summed E-state index contributed by atoms with van der Waals surface area (Å²) in [6.45, 7) is 4.80. The number of ether oxygens (including phenoxy) is 2. The van der Waals surface area contributed by atoms with E-state index in [0.29, 0.717) is 36.1 Å². The summed E-state index contributed by atoms with van der Waals surface area (Å²) in [7, 11) is 0.